The Labute approximate surface area is 274 Å². The number of nitrogens with one attached hydrogen (secondary N) is 1. The highest BCUT2D eigenvalue weighted by molar-refractivity contribution is 7.22. The molecule has 1 aliphatic heterocycles. The maximum Gasteiger partial charge on any atom is 0.512 e. The van der Waals surface area contributed by atoms with E-state index in [2.05, 4.69) is 21.4 Å². The van der Waals surface area contributed by atoms with E-state index in [9.17, 15) is 25.1 Å². The summed E-state index contributed by atoms with van der Waals surface area (Å²) in [7, 11) is 0. The SMILES string of the molecule is N#Cc1cscc1-c1ccc(O)c(Cc2sc(N3CCc4cccc(C(=O)Nc5nc6ccccc6s5)c4C3)nc2OC(=O)O)c1. The van der Waals surface area contributed by atoms with Crippen molar-refractivity contribution in [2.24, 2.45) is 0 Å². The molecule has 0 bridgehead atoms. The summed E-state index contributed by atoms with van der Waals surface area (Å²) in [6.07, 6.45) is -0.677. The average molecular weight is 666 g/mol. The summed E-state index contributed by atoms with van der Waals surface area (Å²) in [5.74, 6) is -0.282. The van der Waals surface area contributed by atoms with E-state index < -0.39 is 6.16 Å². The standard InChI is InChI=1S/C33H23N5O5S3/c34-14-21-16-44-17-24(21)19-8-9-26(39)20(12-19)13-28-30(43-33(41)42)37-32(46-28)38-11-10-18-4-3-5-22(23(18)15-38)29(40)36-31-35-25-6-1-2-7-27(25)45-31/h1-9,12,16-17,39H,10-11,13,15H2,(H,41,42)(H,35,36,40). The quantitative estimate of drug-likeness (QED) is 0.147. The lowest BCUT2D eigenvalue weighted by Crippen LogP contribution is -2.32. The number of amides is 1. The third-order valence-electron chi connectivity index (χ3n) is 7.66. The molecule has 0 unspecified atom stereocenters. The van der Waals surface area contributed by atoms with Gasteiger partial charge in [0.25, 0.3) is 5.91 Å². The Balaban J connectivity index is 1.16. The van der Waals surface area contributed by atoms with Crippen LogP contribution in [0.25, 0.3) is 21.3 Å². The topological polar surface area (TPSA) is 149 Å². The number of thiophene rings is 1. The Morgan fingerprint density at radius 3 is 2.76 bits per heavy atom. The van der Waals surface area contributed by atoms with Crippen LogP contribution >= 0.6 is 34.0 Å². The Kier molecular flexibility index (Phi) is 7.83. The number of hydrogen-bond donors (Lipinski definition) is 3. The molecule has 13 heteroatoms. The number of hydrogen-bond acceptors (Lipinski definition) is 11. The van der Waals surface area contributed by atoms with Gasteiger partial charge in [0.1, 0.15) is 11.8 Å². The van der Waals surface area contributed by atoms with Gasteiger partial charge in [-0.2, -0.15) is 21.6 Å². The van der Waals surface area contributed by atoms with Crippen LogP contribution in [0.3, 0.4) is 0 Å². The molecule has 3 N–H and O–H groups in total. The van der Waals surface area contributed by atoms with E-state index >= 15 is 0 Å². The van der Waals surface area contributed by atoms with Gasteiger partial charge in [-0.15, -0.1) is 0 Å². The number of fused-ring (bicyclic) bond motifs is 2. The molecule has 6 aromatic rings. The van der Waals surface area contributed by atoms with Crippen LogP contribution in [0.1, 0.15) is 37.5 Å². The predicted molar refractivity (Wildman–Crippen MR) is 178 cm³/mol. The molecule has 228 valence electrons. The van der Waals surface area contributed by atoms with Crippen molar-refractivity contribution in [1.29, 1.82) is 5.26 Å². The van der Waals surface area contributed by atoms with Crippen LogP contribution in [0.4, 0.5) is 15.1 Å². The Morgan fingerprint density at radius 1 is 1.07 bits per heavy atom. The summed E-state index contributed by atoms with van der Waals surface area (Å²) in [5, 5.41) is 37.3. The molecule has 0 spiro atoms. The summed E-state index contributed by atoms with van der Waals surface area (Å²) in [5.41, 5.74) is 5.87. The van der Waals surface area contributed by atoms with Crippen molar-refractivity contribution < 1.29 is 24.5 Å². The molecular weight excluding hydrogens is 643 g/mol. The van der Waals surface area contributed by atoms with Gasteiger partial charge in [0.2, 0.25) is 5.88 Å². The van der Waals surface area contributed by atoms with Crippen molar-refractivity contribution in [3.05, 3.63) is 104 Å². The van der Waals surface area contributed by atoms with Crippen LogP contribution in [0.15, 0.2) is 71.4 Å². The molecule has 10 nitrogen and oxygen atoms in total. The molecule has 0 radical (unpaired) electrons. The van der Waals surface area contributed by atoms with Crippen molar-refractivity contribution in [3.63, 3.8) is 0 Å². The monoisotopic (exact) mass is 665 g/mol. The molecular formula is C33H23N5O5S3. The van der Waals surface area contributed by atoms with Crippen LogP contribution in [0.5, 0.6) is 11.6 Å². The van der Waals surface area contributed by atoms with Crippen molar-refractivity contribution in [2.75, 3.05) is 16.8 Å². The highest BCUT2D eigenvalue weighted by Crippen LogP contribution is 2.39. The number of phenols is 1. The zero-order chi connectivity index (χ0) is 31.8. The second-order valence-corrected chi connectivity index (χ2v) is 13.3. The molecule has 7 rings (SSSR count). The number of benzene rings is 3. The van der Waals surface area contributed by atoms with Gasteiger partial charge in [-0.3, -0.25) is 10.1 Å². The zero-order valence-corrected chi connectivity index (χ0v) is 26.3. The van der Waals surface area contributed by atoms with Gasteiger partial charge in [0, 0.05) is 36.0 Å². The van der Waals surface area contributed by atoms with Gasteiger partial charge in [-0.1, -0.05) is 53.0 Å². The highest BCUT2D eigenvalue weighted by Gasteiger charge is 2.27. The number of para-hydroxylation sites is 1. The van der Waals surface area contributed by atoms with Gasteiger partial charge < -0.3 is 19.8 Å². The first-order valence-electron chi connectivity index (χ1n) is 14.1. The number of nitrogens with zero attached hydrogens (tertiary/aromatic N) is 4. The van der Waals surface area contributed by atoms with Crippen LogP contribution in [-0.4, -0.2) is 38.8 Å². The second kappa shape index (κ2) is 12.2. The number of carboxylic acid groups (broad SMARTS) is 1. The number of carbonyl (C=O) groups excluding carboxylic acids is 1. The maximum atomic E-state index is 13.5. The lowest BCUT2D eigenvalue weighted by molar-refractivity contribution is 0.102. The van der Waals surface area contributed by atoms with Crippen molar-refractivity contribution in [2.45, 2.75) is 19.4 Å². The van der Waals surface area contributed by atoms with Crippen LogP contribution in [0.2, 0.25) is 0 Å². The summed E-state index contributed by atoms with van der Waals surface area (Å²) >= 11 is 4.10. The number of aromatic nitrogens is 2. The molecule has 3 aromatic heterocycles. The fourth-order valence-corrected chi connectivity index (χ4v) is 8.14. The van der Waals surface area contributed by atoms with Crippen LogP contribution in [-0.2, 0) is 19.4 Å². The molecule has 3 aromatic carbocycles. The van der Waals surface area contributed by atoms with Gasteiger partial charge in [0.15, 0.2) is 10.3 Å². The highest BCUT2D eigenvalue weighted by atomic mass is 32.1. The summed E-state index contributed by atoms with van der Waals surface area (Å²) in [4.78, 5) is 36.7. The van der Waals surface area contributed by atoms with E-state index in [-0.39, 0.29) is 24.0 Å². The number of rotatable bonds is 7. The first-order valence-corrected chi connectivity index (χ1v) is 16.7. The van der Waals surface area contributed by atoms with E-state index in [0.717, 1.165) is 32.5 Å². The second-order valence-electron chi connectivity index (χ2n) is 10.5. The Morgan fingerprint density at radius 2 is 1.93 bits per heavy atom. The summed E-state index contributed by atoms with van der Waals surface area (Å²) in [6, 6.07) is 20.6. The Hall–Kier alpha value is -5.29. The van der Waals surface area contributed by atoms with Crippen molar-refractivity contribution in [3.8, 4) is 28.8 Å². The number of anilines is 2. The molecule has 0 saturated carbocycles. The number of nitriles is 1. The molecule has 0 atom stereocenters. The van der Waals surface area contributed by atoms with E-state index in [1.165, 1.54) is 34.0 Å². The molecule has 46 heavy (non-hydrogen) atoms. The molecule has 1 aliphatic rings. The first kappa shape index (κ1) is 29.4. The minimum absolute atomic E-state index is 0.0318. The Bertz CT molecular complexity index is 2150. The van der Waals surface area contributed by atoms with Gasteiger partial charge in [-0.25, -0.2) is 9.78 Å². The molecule has 0 aliphatic carbocycles. The number of ether oxygens (including phenoxy) is 1. The lowest BCUT2D eigenvalue weighted by atomic mass is 9.94. The normalized spacial score (nSPS) is 12.5. The summed E-state index contributed by atoms with van der Waals surface area (Å²) < 4.78 is 6.07. The van der Waals surface area contributed by atoms with Gasteiger partial charge >= 0.3 is 6.16 Å². The van der Waals surface area contributed by atoms with Gasteiger partial charge in [0.05, 0.1) is 20.7 Å². The minimum atomic E-state index is -1.49. The predicted octanol–water partition coefficient (Wildman–Crippen LogP) is 7.52. The molecule has 0 fully saturated rings. The van der Waals surface area contributed by atoms with Crippen LogP contribution < -0.4 is 15.0 Å². The van der Waals surface area contributed by atoms with Crippen LogP contribution in [0, 0.1) is 11.3 Å². The minimum Gasteiger partial charge on any atom is -0.508 e. The van der Waals surface area contributed by atoms with E-state index in [1.54, 1.807) is 29.6 Å². The molecule has 4 heterocycles. The number of carbonyl (C=O) groups is 2. The molecule has 1 amide bonds. The third-order valence-corrected chi connectivity index (χ3v) is 10.5. The fourth-order valence-electron chi connectivity index (χ4n) is 5.46. The lowest BCUT2D eigenvalue weighted by Gasteiger charge is -2.29. The average Bonchev–Trinajstić information content (AvgIpc) is 3.79. The van der Waals surface area contributed by atoms with E-state index in [0.29, 0.717) is 51.3 Å². The zero-order valence-electron chi connectivity index (χ0n) is 23.9. The van der Waals surface area contributed by atoms with Gasteiger partial charge in [-0.05, 0) is 64.4 Å². The third kappa shape index (κ3) is 5.77. The first-order chi connectivity index (χ1) is 22.4. The number of thiazole rings is 2. The largest absolute Gasteiger partial charge is 0.512 e. The van der Waals surface area contributed by atoms with Crippen molar-refractivity contribution >= 4 is 66.6 Å². The molecule has 0 saturated heterocycles. The fraction of sp³-hybridized carbons (Fsp3) is 0.121. The smallest absolute Gasteiger partial charge is 0.508 e. The van der Waals surface area contributed by atoms with Crippen molar-refractivity contribution in [1.82, 2.24) is 9.97 Å². The number of aromatic hydroxyl groups is 1. The van der Waals surface area contributed by atoms with E-state index in [4.69, 9.17) is 4.74 Å². The van der Waals surface area contributed by atoms with E-state index in [1.807, 2.05) is 46.7 Å². The maximum absolute atomic E-state index is 13.5. The summed E-state index contributed by atoms with van der Waals surface area (Å²) in [6.45, 7) is 0.985. The number of phenolic OH excluding ortho intramolecular Hbond substituents is 1.